The topological polar surface area (TPSA) is 0 Å². The smallest absolute Gasteiger partial charge is 0.129 e. The zero-order chi connectivity index (χ0) is 23.9. The zero-order valence-corrected chi connectivity index (χ0v) is 21.1. The number of halogens is 2. The van der Waals surface area contributed by atoms with Gasteiger partial charge in [-0.05, 0) is 118 Å². The van der Waals surface area contributed by atoms with Gasteiger partial charge in [0.2, 0.25) is 0 Å². The molecule has 4 rings (SSSR count). The lowest BCUT2D eigenvalue weighted by Gasteiger charge is -2.38. The Morgan fingerprint density at radius 2 is 1.44 bits per heavy atom. The van der Waals surface area contributed by atoms with Crippen LogP contribution in [0.5, 0.6) is 0 Å². The molecule has 0 amide bonds. The van der Waals surface area contributed by atoms with Crippen molar-refractivity contribution >= 4 is 0 Å². The molecule has 2 aliphatic carbocycles. The molecule has 2 aromatic carbocycles. The molecule has 0 nitrogen and oxygen atoms in total. The van der Waals surface area contributed by atoms with Crippen LogP contribution in [-0.2, 0) is 6.42 Å². The minimum absolute atomic E-state index is 0.244. The third-order valence-corrected chi connectivity index (χ3v) is 8.82. The van der Waals surface area contributed by atoms with E-state index < -0.39 is 0 Å². The molecule has 2 aliphatic rings. The van der Waals surface area contributed by atoms with Crippen molar-refractivity contribution in [1.29, 1.82) is 0 Å². The molecule has 2 saturated carbocycles. The van der Waals surface area contributed by atoms with E-state index >= 15 is 0 Å². The minimum Gasteiger partial charge on any atom is -0.207 e. The first kappa shape index (κ1) is 25.1. The van der Waals surface area contributed by atoms with Crippen LogP contribution >= 0.6 is 0 Å². The molecule has 0 unspecified atom stereocenters. The average molecular weight is 465 g/mol. The second-order valence-corrected chi connectivity index (χ2v) is 11.0. The first-order valence-electron chi connectivity index (χ1n) is 13.7. The van der Waals surface area contributed by atoms with Crippen LogP contribution in [0.2, 0.25) is 0 Å². The zero-order valence-electron chi connectivity index (χ0n) is 21.1. The predicted octanol–water partition coefficient (Wildman–Crippen LogP) is 9.75. The summed E-state index contributed by atoms with van der Waals surface area (Å²) >= 11 is 0. The molecule has 34 heavy (non-hydrogen) atoms. The number of hydrogen-bond acceptors (Lipinski definition) is 0. The molecule has 0 spiro atoms. The Hall–Kier alpha value is -1.96. The van der Waals surface area contributed by atoms with Gasteiger partial charge in [0.25, 0.3) is 0 Å². The molecule has 0 saturated heterocycles. The molecule has 0 N–H and O–H groups in total. The van der Waals surface area contributed by atoms with Gasteiger partial charge in [-0.2, -0.15) is 0 Å². The number of benzene rings is 2. The maximum atomic E-state index is 14.6. The summed E-state index contributed by atoms with van der Waals surface area (Å²) in [6.07, 6.45) is 16.4. The Morgan fingerprint density at radius 3 is 2.03 bits per heavy atom. The first-order valence-corrected chi connectivity index (χ1v) is 13.7. The molecule has 2 fully saturated rings. The monoisotopic (exact) mass is 464 g/mol. The van der Waals surface area contributed by atoms with Gasteiger partial charge in [0, 0.05) is 5.56 Å². The Labute approximate surface area is 205 Å². The predicted molar refractivity (Wildman–Crippen MR) is 139 cm³/mol. The van der Waals surface area contributed by atoms with Crippen molar-refractivity contribution in [3.63, 3.8) is 0 Å². The lowest BCUT2D eigenvalue weighted by Crippen LogP contribution is -2.26. The maximum Gasteiger partial charge on any atom is 0.129 e. The fourth-order valence-electron chi connectivity index (χ4n) is 6.73. The molecule has 0 bridgehead atoms. The van der Waals surface area contributed by atoms with Crippen LogP contribution in [0.15, 0.2) is 54.6 Å². The SMILES string of the molecule is C/C=C/CCc1c(F)cc(C2CCC(C3CCC(C[C@H](C)c4ccccc4)CC3)CC2)cc1F. The highest BCUT2D eigenvalue weighted by Crippen LogP contribution is 2.45. The Bertz CT molecular complexity index is 892. The van der Waals surface area contributed by atoms with Gasteiger partial charge in [-0.25, -0.2) is 8.78 Å². The van der Waals surface area contributed by atoms with Crippen LogP contribution < -0.4 is 0 Å². The largest absolute Gasteiger partial charge is 0.207 e. The fourth-order valence-corrected chi connectivity index (χ4v) is 6.73. The lowest BCUT2D eigenvalue weighted by atomic mass is 9.67. The van der Waals surface area contributed by atoms with E-state index in [1.165, 1.54) is 50.5 Å². The van der Waals surface area contributed by atoms with Gasteiger partial charge in [-0.1, -0.05) is 62.2 Å². The highest BCUT2D eigenvalue weighted by atomic mass is 19.1. The molecule has 0 heterocycles. The van der Waals surface area contributed by atoms with E-state index in [-0.39, 0.29) is 17.2 Å². The third-order valence-electron chi connectivity index (χ3n) is 8.82. The summed E-state index contributed by atoms with van der Waals surface area (Å²) < 4.78 is 29.3. The van der Waals surface area contributed by atoms with Gasteiger partial charge >= 0.3 is 0 Å². The Balaban J connectivity index is 1.24. The third kappa shape index (κ3) is 6.37. The van der Waals surface area contributed by atoms with Crippen molar-refractivity contribution in [2.75, 3.05) is 0 Å². The fraction of sp³-hybridized carbons (Fsp3) is 0.562. The summed E-state index contributed by atoms with van der Waals surface area (Å²) in [7, 11) is 0. The molecule has 0 aromatic heterocycles. The Morgan fingerprint density at radius 1 is 0.853 bits per heavy atom. The number of rotatable bonds is 8. The van der Waals surface area contributed by atoms with Crippen molar-refractivity contribution in [2.45, 2.75) is 96.3 Å². The summed E-state index contributed by atoms with van der Waals surface area (Å²) in [6, 6.07) is 14.2. The highest BCUT2D eigenvalue weighted by Gasteiger charge is 2.32. The van der Waals surface area contributed by atoms with Crippen LogP contribution in [0.4, 0.5) is 8.78 Å². The standard InChI is InChI=1S/C32H42F2/c1-3-4-6-11-30-31(33)21-29(22-32(30)34)28-18-16-27(17-19-28)26-14-12-24(13-15-26)20-23(2)25-9-7-5-8-10-25/h3-5,7-10,21-24,26-28H,6,11-20H2,1-2H3/b4-3+/t23-,24?,26?,27?,28?/m0/s1. The van der Waals surface area contributed by atoms with Crippen LogP contribution in [0, 0.1) is 29.4 Å². The summed E-state index contributed by atoms with van der Waals surface area (Å²) in [4.78, 5) is 0. The van der Waals surface area contributed by atoms with E-state index in [0.717, 1.165) is 36.2 Å². The molecule has 2 aromatic rings. The average Bonchev–Trinajstić information content (AvgIpc) is 2.87. The molecule has 2 heteroatoms. The second-order valence-electron chi connectivity index (χ2n) is 11.0. The lowest BCUT2D eigenvalue weighted by molar-refractivity contribution is 0.154. The van der Waals surface area contributed by atoms with Gasteiger partial charge in [0.05, 0.1) is 0 Å². The van der Waals surface area contributed by atoms with Crippen LogP contribution in [-0.4, -0.2) is 0 Å². The molecular formula is C32H42F2. The van der Waals surface area contributed by atoms with Gasteiger partial charge in [-0.15, -0.1) is 0 Å². The molecule has 1 atom stereocenters. The van der Waals surface area contributed by atoms with E-state index in [1.54, 1.807) is 12.1 Å². The molecular weight excluding hydrogens is 422 g/mol. The van der Waals surface area contributed by atoms with Crippen LogP contribution in [0.1, 0.15) is 107 Å². The van der Waals surface area contributed by atoms with E-state index in [1.807, 2.05) is 19.1 Å². The molecule has 184 valence electrons. The summed E-state index contributed by atoms with van der Waals surface area (Å²) in [5.41, 5.74) is 2.59. The van der Waals surface area contributed by atoms with Gasteiger partial charge in [-0.3, -0.25) is 0 Å². The van der Waals surface area contributed by atoms with Crippen molar-refractivity contribution in [2.24, 2.45) is 17.8 Å². The minimum atomic E-state index is -0.357. The number of allylic oxidation sites excluding steroid dienone is 2. The number of hydrogen-bond donors (Lipinski definition) is 0. The van der Waals surface area contributed by atoms with Crippen molar-refractivity contribution in [1.82, 2.24) is 0 Å². The van der Waals surface area contributed by atoms with E-state index in [0.29, 0.717) is 24.7 Å². The van der Waals surface area contributed by atoms with Crippen LogP contribution in [0.25, 0.3) is 0 Å². The molecule has 0 radical (unpaired) electrons. The van der Waals surface area contributed by atoms with Crippen molar-refractivity contribution in [3.8, 4) is 0 Å². The normalized spacial score (nSPS) is 26.6. The highest BCUT2D eigenvalue weighted by molar-refractivity contribution is 5.29. The Kier molecular flexibility index (Phi) is 8.98. The van der Waals surface area contributed by atoms with E-state index in [4.69, 9.17) is 0 Å². The van der Waals surface area contributed by atoms with Crippen LogP contribution in [0.3, 0.4) is 0 Å². The second kappa shape index (κ2) is 12.1. The first-order chi connectivity index (χ1) is 16.5. The quantitative estimate of drug-likeness (QED) is 0.341. The van der Waals surface area contributed by atoms with Gasteiger partial charge in [0.1, 0.15) is 11.6 Å². The van der Waals surface area contributed by atoms with E-state index in [2.05, 4.69) is 37.3 Å². The van der Waals surface area contributed by atoms with E-state index in [9.17, 15) is 8.78 Å². The summed E-state index contributed by atoms with van der Waals surface area (Å²) in [5, 5.41) is 0. The van der Waals surface area contributed by atoms with Crippen molar-refractivity contribution in [3.05, 3.63) is 82.9 Å². The maximum absolute atomic E-state index is 14.6. The summed E-state index contributed by atoms with van der Waals surface area (Å²) in [5.74, 6) is 2.76. The van der Waals surface area contributed by atoms with Gasteiger partial charge in [0.15, 0.2) is 0 Å². The van der Waals surface area contributed by atoms with Crippen molar-refractivity contribution < 1.29 is 8.78 Å². The summed E-state index contributed by atoms with van der Waals surface area (Å²) in [6.45, 7) is 4.31. The molecule has 0 aliphatic heterocycles. The van der Waals surface area contributed by atoms with Gasteiger partial charge < -0.3 is 0 Å².